The lowest BCUT2D eigenvalue weighted by Crippen LogP contribution is -2.34. The second-order valence-electron chi connectivity index (χ2n) is 5.13. The van der Waals surface area contributed by atoms with Crippen LogP contribution in [0.25, 0.3) is 0 Å². The molecule has 2 aromatic carbocycles. The van der Waals surface area contributed by atoms with E-state index in [4.69, 9.17) is 0 Å². The van der Waals surface area contributed by atoms with Gasteiger partial charge in [-0.1, -0.05) is 67.1 Å². The summed E-state index contributed by atoms with van der Waals surface area (Å²) in [6, 6.07) is 22.9. The first-order valence-corrected chi connectivity index (χ1v) is 7.18. The van der Waals surface area contributed by atoms with Gasteiger partial charge in [-0.15, -0.1) is 0 Å². The zero-order valence-electron chi connectivity index (χ0n) is 11.3. The number of benzene rings is 2. The molecule has 19 heavy (non-hydrogen) atoms. The number of hydrogen-bond donors (Lipinski definition) is 0. The average molecular weight is 250 g/mol. The quantitative estimate of drug-likeness (QED) is 0.792. The van der Waals surface area contributed by atoms with Gasteiger partial charge in [-0.2, -0.15) is 0 Å². The summed E-state index contributed by atoms with van der Waals surface area (Å²) in [7, 11) is 0. The molecule has 2 aromatic rings. The second kappa shape index (κ2) is 6.03. The molecule has 1 saturated heterocycles. The number of piperidine rings is 1. The Kier molecular flexibility index (Phi) is 3.95. The Morgan fingerprint density at radius 2 is 1.11 bits per heavy atom. The van der Waals surface area contributed by atoms with Gasteiger partial charge in [0.1, 0.15) is 0 Å². The van der Waals surface area contributed by atoms with Crippen LogP contribution in [-0.4, -0.2) is 18.0 Å². The maximum absolute atomic E-state index is 2.55. The van der Waals surface area contributed by atoms with Crippen LogP contribution in [0.1, 0.15) is 30.4 Å². The molecule has 3 rings (SSSR count). The van der Waals surface area contributed by atoms with Gasteiger partial charge in [0.05, 0.1) is 6.04 Å². The summed E-state index contributed by atoms with van der Waals surface area (Å²) in [6.07, 6.45) is 3.99. The Bertz CT molecular complexity index is 446. The van der Waals surface area contributed by atoms with Crippen LogP contribution in [0.4, 0.5) is 0 Å². The minimum absolute atomic E-state index is 1.18. The number of nitrogens with zero attached hydrogens (tertiary/aromatic N) is 1. The highest BCUT2D eigenvalue weighted by molar-refractivity contribution is 5.44. The molecule has 0 spiro atoms. The first-order valence-electron chi connectivity index (χ1n) is 7.18. The minimum Gasteiger partial charge on any atom is -0.288 e. The third-order valence-corrected chi connectivity index (χ3v) is 3.77. The molecule has 1 radical (unpaired) electrons. The Morgan fingerprint density at radius 3 is 1.58 bits per heavy atom. The van der Waals surface area contributed by atoms with Crippen molar-refractivity contribution in [2.75, 3.05) is 13.1 Å². The highest BCUT2D eigenvalue weighted by atomic mass is 15.2. The van der Waals surface area contributed by atoms with Gasteiger partial charge in [0.15, 0.2) is 0 Å². The van der Waals surface area contributed by atoms with E-state index in [0.29, 0.717) is 0 Å². The molecule has 0 aromatic heterocycles. The van der Waals surface area contributed by atoms with Crippen molar-refractivity contribution < 1.29 is 0 Å². The van der Waals surface area contributed by atoms with E-state index in [2.05, 4.69) is 65.6 Å². The molecule has 97 valence electrons. The molecule has 0 unspecified atom stereocenters. The predicted molar refractivity (Wildman–Crippen MR) is 79.8 cm³/mol. The van der Waals surface area contributed by atoms with Gasteiger partial charge in [0.25, 0.3) is 0 Å². The molecule has 1 aliphatic rings. The fourth-order valence-corrected chi connectivity index (χ4v) is 2.84. The van der Waals surface area contributed by atoms with E-state index < -0.39 is 0 Å². The topological polar surface area (TPSA) is 3.24 Å². The van der Waals surface area contributed by atoms with Crippen molar-refractivity contribution in [1.29, 1.82) is 0 Å². The van der Waals surface area contributed by atoms with Crippen LogP contribution < -0.4 is 0 Å². The summed E-state index contributed by atoms with van der Waals surface area (Å²) in [5.41, 5.74) is 2.66. The largest absolute Gasteiger partial charge is 0.288 e. The Labute approximate surface area is 115 Å². The molecule has 1 heteroatoms. The van der Waals surface area contributed by atoms with Crippen molar-refractivity contribution >= 4 is 0 Å². The molecule has 1 aliphatic heterocycles. The highest BCUT2D eigenvalue weighted by Gasteiger charge is 2.24. The van der Waals surface area contributed by atoms with Crippen molar-refractivity contribution in [1.82, 2.24) is 4.90 Å². The fraction of sp³-hybridized carbons (Fsp3) is 0.278. The molecular formula is C18H20N. The molecule has 0 bridgehead atoms. The molecule has 1 heterocycles. The molecule has 0 N–H and O–H groups in total. The number of likely N-dealkylation sites (tertiary alicyclic amines) is 1. The van der Waals surface area contributed by atoms with Crippen molar-refractivity contribution in [3.63, 3.8) is 0 Å². The van der Waals surface area contributed by atoms with Gasteiger partial charge in [-0.3, -0.25) is 4.90 Å². The zero-order chi connectivity index (χ0) is 12.9. The van der Waals surface area contributed by atoms with E-state index in [1.807, 2.05) is 0 Å². The minimum atomic E-state index is 1.18. The van der Waals surface area contributed by atoms with Gasteiger partial charge in [0, 0.05) is 0 Å². The lowest BCUT2D eigenvalue weighted by molar-refractivity contribution is 0.260. The summed E-state index contributed by atoms with van der Waals surface area (Å²) in [5.74, 6) is 0. The first-order chi connectivity index (χ1) is 9.45. The fourth-order valence-electron chi connectivity index (χ4n) is 2.84. The van der Waals surface area contributed by atoms with E-state index in [0.717, 1.165) is 0 Å². The van der Waals surface area contributed by atoms with Crippen molar-refractivity contribution in [2.45, 2.75) is 19.3 Å². The van der Waals surface area contributed by atoms with Crippen LogP contribution in [0.3, 0.4) is 0 Å². The summed E-state index contributed by atoms with van der Waals surface area (Å²) in [4.78, 5) is 2.55. The molecule has 0 saturated carbocycles. The maximum atomic E-state index is 2.55. The number of hydrogen-bond acceptors (Lipinski definition) is 1. The van der Waals surface area contributed by atoms with E-state index in [-0.39, 0.29) is 0 Å². The average Bonchev–Trinajstić information content (AvgIpc) is 2.51. The molecule has 1 nitrogen and oxygen atoms in total. The van der Waals surface area contributed by atoms with Crippen LogP contribution >= 0.6 is 0 Å². The van der Waals surface area contributed by atoms with Gasteiger partial charge in [-0.25, -0.2) is 0 Å². The summed E-state index contributed by atoms with van der Waals surface area (Å²) in [5, 5.41) is 0. The summed E-state index contributed by atoms with van der Waals surface area (Å²) >= 11 is 0. The van der Waals surface area contributed by atoms with Crippen LogP contribution in [0.2, 0.25) is 0 Å². The lowest BCUT2D eigenvalue weighted by Gasteiger charge is -2.34. The molecular weight excluding hydrogens is 230 g/mol. The van der Waals surface area contributed by atoms with Crippen molar-refractivity contribution in [3.8, 4) is 0 Å². The SMILES string of the molecule is c1ccc([C](c2ccccc2)N2CCCCC2)cc1. The molecule has 1 fully saturated rings. The molecule has 0 atom stereocenters. The maximum Gasteiger partial charge on any atom is 0.0987 e. The molecule has 0 amide bonds. The monoisotopic (exact) mass is 250 g/mol. The third kappa shape index (κ3) is 2.87. The van der Waals surface area contributed by atoms with Gasteiger partial charge < -0.3 is 0 Å². The van der Waals surface area contributed by atoms with Gasteiger partial charge in [-0.05, 0) is 37.1 Å². The number of rotatable bonds is 3. The Balaban J connectivity index is 1.96. The van der Waals surface area contributed by atoms with Crippen LogP contribution in [0.5, 0.6) is 0 Å². The Hall–Kier alpha value is -1.60. The third-order valence-electron chi connectivity index (χ3n) is 3.77. The summed E-state index contributed by atoms with van der Waals surface area (Å²) in [6.45, 7) is 2.36. The standard InChI is InChI=1S/C18H20N/c1-4-10-16(11-5-1)18(17-12-6-2-7-13-17)19-14-8-3-9-15-19/h1-2,4-7,10-13H,3,8-9,14-15H2. The van der Waals surface area contributed by atoms with E-state index in [9.17, 15) is 0 Å². The van der Waals surface area contributed by atoms with E-state index in [1.54, 1.807) is 0 Å². The van der Waals surface area contributed by atoms with Crippen LogP contribution in [0.15, 0.2) is 60.7 Å². The zero-order valence-corrected chi connectivity index (χ0v) is 11.3. The highest BCUT2D eigenvalue weighted by Crippen LogP contribution is 2.29. The lowest BCUT2D eigenvalue weighted by atomic mass is 9.95. The van der Waals surface area contributed by atoms with E-state index >= 15 is 0 Å². The normalized spacial score (nSPS) is 16.7. The Morgan fingerprint density at radius 1 is 0.632 bits per heavy atom. The summed E-state index contributed by atoms with van der Waals surface area (Å²) < 4.78 is 0. The predicted octanol–water partition coefficient (Wildman–Crippen LogP) is 4.10. The van der Waals surface area contributed by atoms with E-state index in [1.165, 1.54) is 49.5 Å². The van der Waals surface area contributed by atoms with Gasteiger partial charge >= 0.3 is 0 Å². The van der Waals surface area contributed by atoms with Crippen LogP contribution in [0, 0.1) is 6.04 Å². The van der Waals surface area contributed by atoms with Gasteiger partial charge in [0.2, 0.25) is 0 Å². The van der Waals surface area contributed by atoms with Crippen molar-refractivity contribution in [3.05, 3.63) is 77.8 Å². The first kappa shape index (κ1) is 12.4. The van der Waals surface area contributed by atoms with Crippen molar-refractivity contribution in [2.24, 2.45) is 0 Å². The van der Waals surface area contributed by atoms with Crippen LogP contribution in [-0.2, 0) is 0 Å². The second-order valence-corrected chi connectivity index (χ2v) is 5.13. The molecule has 0 aliphatic carbocycles. The smallest absolute Gasteiger partial charge is 0.0987 e.